The molecule has 5 heteroatoms. The van der Waals surface area contributed by atoms with Crippen molar-refractivity contribution in [3.8, 4) is 0 Å². The van der Waals surface area contributed by atoms with Crippen molar-refractivity contribution < 1.29 is 20.4 Å². The van der Waals surface area contributed by atoms with E-state index in [-0.39, 0.29) is 6.61 Å². The van der Waals surface area contributed by atoms with Gasteiger partial charge in [0.25, 0.3) is 0 Å². The number of aliphatic hydroxyl groups is 4. The summed E-state index contributed by atoms with van der Waals surface area (Å²) in [4.78, 5) is 0. The Hall–Kier alpha value is -1.24. The van der Waals surface area contributed by atoms with Gasteiger partial charge in [-0.2, -0.15) is 0 Å². The van der Waals surface area contributed by atoms with Gasteiger partial charge in [-0.15, -0.1) is 0 Å². The molecule has 0 spiro atoms. The number of hydrogen-bond donors (Lipinski definition) is 5. The summed E-state index contributed by atoms with van der Waals surface area (Å²) in [6.45, 7) is 2.20. The van der Waals surface area contributed by atoms with Crippen LogP contribution in [0.1, 0.15) is 11.1 Å². The molecule has 0 saturated carbocycles. The molecule has 20 heavy (non-hydrogen) atoms. The Labute approximate surface area is 118 Å². The molecule has 2 rings (SSSR count). The quantitative estimate of drug-likeness (QED) is 0.478. The summed E-state index contributed by atoms with van der Waals surface area (Å²) in [6, 6.07) is 7.47. The van der Waals surface area contributed by atoms with Crippen LogP contribution in [0.3, 0.4) is 0 Å². The predicted octanol–water partition coefficient (Wildman–Crippen LogP) is -0.532. The van der Waals surface area contributed by atoms with Crippen molar-refractivity contribution in [3.05, 3.63) is 47.0 Å². The van der Waals surface area contributed by atoms with Crippen molar-refractivity contribution in [2.75, 3.05) is 6.61 Å². The number of rotatable bonds is 4. The Morgan fingerprint density at radius 2 is 1.70 bits per heavy atom. The van der Waals surface area contributed by atoms with E-state index in [4.69, 9.17) is 5.11 Å². The molecule has 0 amide bonds. The first-order valence-electron chi connectivity index (χ1n) is 6.67. The van der Waals surface area contributed by atoms with E-state index in [2.05, 4.69) is 5.32 Å². The Kier molecular flexibility index (Phi) is 4.91. The smallest absolute Gasteiger partial charge is 0.111 e. The Morgan fingerprint density at radius 3 is 2.30 bits per heavy atom. The van der Waals surface area contributed by atoms with E-state index in [9.17, 15) is 15.3 Å². The van der Waals surface area contributed by atoms with Gasteiger partial charge in [0.05, 0.1) is 12.6 Å². The highest BCUT2D eigenvalue weighted by Gasteiger charge is 2.36. The fraction of sp³-hybridized carbons (Fsp3) is 0.467. The summed E-state index contributed by atoms with van der Waals surface area (Å²) in [5.41, 5.74) is 2.55. The van der Waals surface area contributed by atoms with E-state index < -0.39 is 24.4 Å². The second-order valence-corrected chi connectivity index (χ2v) is 5.22. The highest BCUT2D eigenvalue weighted by Crippen LogP contribution is 2.20. The fourth-order valence-electron chi connectivity index (χ4n) is 2.31. The van der Waals surface area contributed by atoms with E-state index in [0.29, 0.717) is 12.1 Å². The third kappa shape index (κ3) is 3.26. The van der Waals surface area contributed by atoms with Crippen LogP contribution in [-0.4, -0.2) is 51.4 Å². The van der Waals surface area contributed by atoms with Crippen LogP contribution in [0.5, 0.6) is 0 Å². The molecule has 5 N–H and O–H groups in total. The van der Waals surface area contributed by atoms with Gasteiger partial charge in [0.1, 0.15) is 18.3 Å². The molecule has 0 aromatic heterocycles. The summed E-state index contributed by atoms with van der Waals surface area (Å²) in [6.07, 6.45) is -2.04. The van der Waals surface area contributed by atoms with E-state index in [1.165, 1.54) is 5.56 Å². The van der Waals surface area contributed by atoms with Crippen LogP contribution >= 0.6 is 0 Å². The minimum absolute atomic E-state index is 0.323. The molecule has 4 atom stereocenters. The van der Waals surface area contributed by atoms with Gasteiger partial charge in [-0.1, -0.05) is 35.9 Å². The molecule has 0 radical (unpaired) electrons. The highest BCUT2D eigenvalue weighted by atomic mass is 16.4. The van der Waals surface area contributed by atoms with Crippen LogP contribution in [0, 0.1) is 6.92 Å². The van der Waals surface area contributed by atoms with Crippen molar-refractivity contribution in [1.29, 1.82) is 0 Å². The van der Waals surface area contributed by atoms with Crippen molar-refractivity contribution >= 4 is 0 Å². The van der Waals surface area contributed by atoms with Crippen molar-refractivity contribution in [1.82, 2.24) is 5.32 Å². The van der Waals surface area contributed by atoms with Gasteiger partial charge in [-0.25, -0.2) is 0 Å². The first-order chi connectivity index (χ1) is 9.52. The second-order valence-electron chi connectivity index (χ2n) is 5.22. The van der Waals surface area contributed by atoms with E-state index in [1.54, 1.807) is 6.08 Å². The average molecular weight is 279 g/mol. The first kappa shape index (κ1) is 15.2. The largest absolute Gasteiger partial charge is 0.392 e. The average Bonchev–Trinajstić information content (AvgIpc) is 2.46. The molecule has 110 valence electrons. The summed E-state index contributed by atoms with van der Waals surface area (Å²) >= 11 is 0. The number of benzene rings is 1. The third-order valence-electron chi connectivity index (χ3n) is 3.66. The van der Waals surface area contributed by atoms with Crippen LogP contribution in [0.15, 0.2) is 35.9 Å². The molecule has 4 unspecified atom stereocenters. The first-order valence-corrected chi connectivity index (χ1v) is 6.67. The Morgan fingerprint density at radius 1 is 1.05 bits per heavy atom. The molecule has 1 aromatic carbocycles. The molecule has 1 aliphatic carbocycles. The van der Waals surface area contributed by atoms with Crippen molar-refractivity contribution in [2.45, 2.75) is 37.8 Å². The van der Waals surface area contributed by atoms with Gasteiger partial charge in [0.2, 0.25) is 0 Å². The number of aryl methyl sites for hydroxylation is 1. The lowest BCUT2D eigenvalue weighted by Gasteiger charge is -2.34. The van der Waals surface area contributed by atoms with E-state index in [0.717, 1.165) is 5.56 Å². The molecule has 0 heterocycles. The normalized spacial score (nSPS) is 30.1. The van der Waals surface area contributed by atoms with E-state index >= 15 is 0 Å². The lowest BCUT2D eigenvalue weighted by Crippen LogP contribution is -2.53. The summed E-state index contributed by atoms with van der Waals surface area (Å²) in [5.74, 6) is 0. The van der Waals surface area contributed by atoms with Crippen LogP contribution in [0.4, 0.5) is 0 Å². The minimum atomic E-state index is -1.29. The Bertz CT molecular complexity index is 471. The second kappa shape index (κ2) is 6.47. The molecule has 0 bridgehead atoms. The summed E-state index contributed by atoms with van der Waals surface area (Å²) in [5, 5.41) is 41.6. The summed E-state index contributed by atoms with van der Waals surface area (Å²) in [7, 11) is 0. The van der Waals surface area contributed by atoms with Crippen LogP contribution < -0.4 is 5.32 Å². The van der Waals surface area contributed by atoms with Crippen molar-refractivity contribution in [2.24, 2.45) is 0 Å². The van der Waals surface area contributed by atoms with Gasteiger partial charge >= 0.3 is 0 Å². The molecule has 0 saturated heterocycles. The third-order valence-corrected chi connectivity index (χ3v) is 3.66. The topological polar surface area (TPSA) is 93.0 Å². The lowest BCUT2D eigenvalue weighted by atomic mass is 9.88. The van der Waals surface area contributed by atoms with Gasteiger partial charge in [-0.05, 0) is 18.1 Å². The maximum Gasteiger partial charge on any atom is 0.111 e. The molecular weight excluding hydrogens is 258 g/mol. The molecular formula is C15H21NO4. The molecule has 0 aliphatic heterocycles. The van der Waals surface area contributed by atoms with Gasteiger partial charge in [0.15, 0.2) is 0 Å². The Balaban J connectivity index is 2.04. The number of hydrogen-bond acceptors (Lipinski definition) is 5. The maximum absolute atomic E-state index is 9.94. The highest BCUT2D eigenvalue weighted by molar-refractivity contribution is 5.24. The SMILES string of the molecule is Cc1ccc(CNC2C=C(CO)C(O)C(O)C2O)cc1. The molecule has 1 aromatic rings. The van der Waals surface area contributed by atoms with Gasteiger partial charge in [0, 0.05) is 6.54 Å². The predicted molar refractivity (Wildman–Crippen MR) is 75.0 cm³/mol. The molecule has 0 fully saturated rings. The van der Waals surface area contributed by atoms with Crippen molar-refractivity contribution in [3.63, 3.8) is 0 Å². The van der Waals surface area contributed by atoms with Gasteiger partial charge < -0.3 is 25.7 Å². The zero-order chi connectivity index (χ0) is 14.7. The monoisotopic (exact) mass is 279 g/mol. The minimum Gasteiger partial charge on any atom is -0.392 e. The molecule has 5 nitrogen and oxygen atoms in total. The number of nitrogens with one attached hydrogen (secondary N) is 1. The fourth-order valence-corrected chi connectivity index (χ4v) is 2.31. The van der Waals surface area contributed by atoms with Crippen LogP contribution in [0.25, 0.3) is 0 Å². The van der Waals surface area contributed by atoms with Crippen LogP contribution in [0.2, 0.25) is 0 Å². The molecule has 1 aliphatic rings. The van der Waals surface area contributed by atoms with Crippen LogP contribution in [-0.2, 0) is 6.54 Å². The standard InChI is InChI=1S/C15H21NO4/c1-9-2-4-10(5-3-9)7-16-12-6-11(8-17)13(18)15(20)14(12)19/h2-6,12-20H,7-8H2,1H3. The zero-order valence-corrected chi connectivity index (χ0v) is 11.4. The van der Waals surface area contributed by atoms with Gasteiger partial charge in [-0.3, -0.25) is 0 Å². The lowest BCUT2D eigenvalue weighted by molar-refractivity contribution is -0.0643. The summed E-state index contributed by atoms with van der Waals surface area (Å²) < 4.78 is 0. The van der Waals surface area contributed by atoms with E-state index in [1.807, 2.05) is 31.2 Å². The zero-order valence-electron chi connectivity index (χ0n) is 11.4. The maximum atomic E-state index is 9.94. The number of aliphatic hydroxyl groups excluding tert-OH is 4.